The number of rotatable bonds is 6. The van der Waals surface area contributed by atoms with Crippen molar-refractivity contribution < 1.29 is 24.2 Å². The van der Waals surface area contributed by atoms with E-state index >= 15 is 0 Å². The molecule has 0 bridgehead atoms. The zero-order valence-corrected chi connectivity index (χ0v) is 12.2. The van der Waals surface area contributed by atoms with Gasteiger partial charge in [0.05, 0.1) is 6.07 Å². The SMILES string of the molecule is CC(=O)Oc1ccc(C(=O)N[C@@H](C[C@H](C)C#N)C(=O)O)cc1. The van der Waals surface area contributed by atoms with Gasteiger partial charge in [0.1, 0.15) is 11.8 Å². The van der Waals surface area contributed by atoms with Crippen LogP contribution in [0.5, 0.6) is 5.75 Å². The van der Waals surface area contributed by atoms with Crippen LogP contribution in [0.4, 0.5) is 0 Å². The van der Waals surface area contributed by atoms with Crippen molar-refractivity contribution in [2.24, 2.45) is 5.92 Å². The van der Waals surface area contributed by atoms with Crippen molar-refractivity contribution in [2.75, 3.05) is 0 Å². The minimum atomic E-state index is -1.20. The summed E-state index contributed by atoms with van der Waals surface area (Å²) in [6.45, 7) is 2.84. The molecule has 0 saturated carbocycles. The molecule has 0 aliphatic heterocycles. The molecule has 0 spiro atoms. The standard InChI is InChI=1S/C15H16N2O5/c1-9(8-16)7-13(15(20)21)17-14(19)11-3-5-12(6-4-11)22-10(2)18/h3-6,9,13H,7H2,1-2H3,(H,17,19)(H,20,21)/t9-,13-/m0/s1. The highest BCUT2D eigenvalue weighted by Gasteiger charge is 2.23. The maximum Gasteiger partial charge on any atom is 0.326 e. The summed E-state index contributed by atoms with van der Waals surface area (Å²) in [5.41, 5.74) is 0.228. The molecule has 0 aliphatic rings. The average molecular weight is 304 g/mol. The molecular weight excluding hydrogens is 288 g/mol. The van der Waals surface area contributed by atoms with E-state index in [9.17, 15) is 14.4 Å². The second kappa shape index (κ2) is 7.78. The number of nitrogens with one attached hydrogen (secondary N) is 1. The van der Waals surface area contributed by atoms with Gasteiger partial charge in [0.15, 0.2) is 0 Å². The number of esters is 1. The molecule has 1 amide bonds. The molecule has 2 N–H and O–H groups in total. The molecule has 1 aromatic carbocycles. The fourth-order valence-electron chi connectivity index (χ4n) is 1.71. The van der Waals surface area contributed by atoms with Gasteiger partial charge in [-0.2, -0.15) is 5.26 Å². The van der Waals surface area contributed by atoms with Gasteiger partial charge >= 0.3 is 11.9 Å². The lowest BCUT2D eigenvalue weighted by Crippen LogP contribution is -2.41. The highest BCUT2D eigenvalue weighted by atomic mass is 16.5. The molecule has 1 aromatic rings. The predicted molar refractivity (Wildman–Crippen MR) is 76.0 cm³/mol. The fourth-order valence-corrected chi connectivity index (χ4v) is 1.71. The second-order valence-electron chi connectivity index (χ2n) is 4.75. The van der Waals surface area contributed by atoms with Crippen molar-refractivity contribution in [3.63, 3.8) is 0 Å². The maximum absolute atomic E-state index is 12.0. The molecule has 7 heteroatoms. The summed E-state index contributed by atoms with van der Waals surface area (Å²) in [6, 6.07) is 6.49. The van der Waals surface area contributed by atoms with E-state index in [1.807, 2.05) is 6.07 Å². The number of nitrogens with zero attached hydrogens (tertiary/aromatic N) is 1. The Morgan fingerprint density at radius 2 is 1.91 bits per heavy atom. The van der Waals surface area contributed by atoms with Crippen LogP contribution in [-0.4, -0.2) is 29.0 Å². The Bertz CT molecular complexity index is 603. The topological polar surface area (TPSA) is 116 Å². The van der Waals surface area contributed by atoms with Crippen LogP contribution in [0.3, 0.4) is 0 Å². The minimum Gasteiger partial charge on any atom is -0.480 e. The molecular formula is C15H16N2O5. The van der Waals surface area contributed by atoms with Crippen molar-refractivity contribution in [3.05, 3.63) is 29.8 Å². The molecule has 7 nitrogen and oxygen atoms in total. The molecule has 0 heterocycles. The van der Waals surface area contributed by atoms with Crippen LogP contribution in [0.1, 0.15) is 30.6 Å². The van der Waals surface area contributed by atoms with Crippen molar-refractivity contribution >= 4 is 17.8 Å². The van der Waals surface area contributed by atoms with Crippen LogP contribution >= 0.6 is 0 Å². The maximum atomic E-state index is 12.0. The lowest BCUT2D eigenvalue weighted by molar-refractivity contribution is -0.139. The third kappa shape index (κ3) is 5.25. The number of carboxylic acid groups (broad SMARTS) is 1. The van der Waals surface area contributed by atoms with Crippen molar-refractivity contribution in [1.29, 1.82) is 5.26 Å². The molecule has 2 atom stereocenters. The number of nitriles is 1. The van der Waals surface area contributed by atoms with Crippen LogP contribution < -0.4 is 10.1 Å². The third-order valence-corrected chi connectivity index (χ3v) is 2.79. The Balaban J connectivity index is 2.75. The first-order chi connectivity index (χ1) is 10.3. The molecule has 116 valence electrons. The molecule has 0 unspecified atom stereocenters. The Hall–Kier alpha value is -2.88. The summed E-state index contributed by atoms with van der Waals surface area (Å²) in [7, 11) is 0. The van der Waals surface area contributed by atoms with Crippen LogP contribution in [-0.2, 0) is 9.59 Å². The highest BCUT2D eigenvalue weighted by molar-refractivity contribution is 5.96. The number of ether oxygens (including phenoxy) is 1. The molecule has 1 rings (SSSR count). The Morgan fingerprint density at radius 3 is 2.36 bits per heavy atom. The first-order valence-electron chi connectivity index (χ1n) is 6.55. The molecule has 0 saturated heterocycles. The number of amides is 1. The quantitative estimate of drug-likeness (QED) is 0.605. The Morgan fingerprint density at radius 1 is 1.32 bits per heavy atom. The first-order valence-corrected chi connectivity index (χ1v) is 6.55. The summed E-state index contributed by atoms with van der Waals surface area (Å²) in [5.74, 6) is -2.46. The van der Waals surface area contributed by atoms with Crippen LogP contribution in [0.25, 0.3) is 0 Å². The molecule has 0 aliphatic carbocycles. The second-order valence-corrected chi connectivity index (χ2v) is 4.75. The van der Waals surface area contributed by atoms with Gasteiger partial charge in [0.2, 0.25) is 0 Å². The average Bonchev–Trinajstić information content (AvgIpc) is 2.46. The highest BCUT2D eigenvalue weighted by Crippen LogP contribution is 2.13. The van der Waals surface area contributed by atoms with Gasteiger partial charge in [-0.25, -0.2) is 4.79 Å². The van der Waals surface area contributed by atoms with E-state index in [1.54, 1.807) is 6.92 Å². The largest absolute Gasteiger partial charge is 0.480 e. The number of benzene rings is 1. The number of carbonyl (C=O) groups is 3. The van der Waals surface area contributed by atoms with Gasteiger partial charge < -0.3 is 15.2 Å². The summed E-state index contributed by atoms with van der Waals surface area (Å²) in [4.78, 5) is 33.9. The van der Waals surface area contributed by atoms with Gasteiger partial charge in [0, 0.05) is 18.4 Å². The van der Waals surface area contributed by atoms with Crippen LogP contribution in [0.2, 0.25) is 0 Å². The lowest BCUT2D eigenvalue weighted by atomic mass is 10.0. The number of hydrogen-bond donors (Lipinski definition) is 2. The summed E-state index contributed by atoms with van der Waals surface area (Å²) in [6.07, 6.45) is 0.0170. The van der Waals surface area contributed by atoms with Crippen molar-refractivity contribution in [1.82, 2.24) is 5.32 Å². The van der Waals surface area contributed by atoms with E-state index in [0.717, 1.165) is 0 Å². The Labute approximate surface area is 127 Å². The summed E-state index contributed by atoms with van der Waals surface area (Å²) < 4.78 is 4.83. The number of hydrogen-bond acceptors (Lipinski definition) is 5. The van der Waals surface area contributed by atoms with Crippen molar-refractivity contribution in [3.8, 4) is 11.8 Å². The third-order valence-electron chi connectivity index (χ3n) is 2.79. The van der Waals surface area contributed by atoms with E-state index in [1.165, 1.54) is 31.2 Å². The lowest BCUT2D eigenvalue weighted by Gasteiger charge is -2.15. The van der Waals surface area contributed by atoms with Gasteiger partial charge in [-0.05, 0) is 37.6 Å². The Kier molecular flexibility index (Phi) is 6.08. The minimum absolute atomic E-state index is 0.0170. The monoisotopic (exact) mass is 304 g/mol. The van der Waals surface area contributed by atoms with Gasteiger partial charge in [-0.3, -0.25) is 9.59 Å². The van der Waals surface area contributed by atoms with E-state index in [0.29, 0.717) is 0 Å². The number of carbonyl (C=O) groups excluding carboxylic acids is 2. The number of carboxylic acids is 1. The van der Waals surface area contributed by atoms with E-state index in [4.69, 9.17) is 15.1 Å². The van der Waals surface area contributed by atoms with Gasteiger partial charge in [-0.1, -0.05) is 0 Å². The van der Waals surface area contributed by atoms with E-state index in [2.05, 4.69) is 5.32 Å². The molecule has 0 radical (unpaired) electrons. The number of aliphatic carboxylic acids is 1. The zero-order chi connectivity index (χ0) is 16.7. The van der Waals surface area contributed by atoms with Crippen molar-refractivity contribution in [2.45, 2.75) is 26.3 Å². The van der Waals surface area contributed by atoms with Gasteiger partial charge in [0.25, 0.3) is 5.91 Å². The first kappa shape index (κ1) is 17.2. The van der Waals surface area contributed by atoms with Crippen LogP contribution in [0.15, 0.2) is 24.3 Å². The molecule has 22 heavy (non-hydrogen) atoms. The van der Waals surface area contributed by atoms with E-state index < -0.39 is 29.8 Å². The fraction of sp³-hybridized carbons (Fsp3) is 0.333. The van der Waals surface area contributed by atoms with Crippen LogP contribution in [0, 0.1) is 17.2 Å². The predicted octanol–water partition coefficient (Wildman–Crippen LogP) is 1.34. The zero-order valence-electron chi connectivity index (χ0n) is 12.2. The normalized spacial score (nSPS) is 12.6. The molecule has 0 aromatic heterocycles. The molecule has 0 fully saturated rings. The van der Waals surface area contributed by atoms with Gasteiger partial charge in [-0.15, -0.1) is 0 Å². The summed E-state index contributed by atoms with van der Waals surface area (Å²) in [5, 5.41) is 20.2. The summed E-state index contributed by atoms with van der Waals surface area (Å²) >= 11 is 0. The smallest absolute Gasteiger partial charge is 0.326 e. The van der Waals surface area contributed by atoms with E-state index in [-0.39, 0.29) is 17.7 Å².